The Kier molecular flexibility index (Phi) is 3.60. The lowest BCUT2D eigenvalue weighted by molar-refractivity contribution is -0.129. The Morgan fingerprint density at radius 1 is 1.46 bits per heavy atom. The molecule has 5 heteroatoms. The Morgan fingerprint density at radius 2 is 2.23 bits per heavy atom. The summed E-state index contributed by atoms with van der Waals surface area (Å²) >= 11 is 1.35. The first-order chi connectivity index (χ1) is 6.24. The lowest BCUT2D eigenvalue weighted by atomic mass is 10.2. The Balaban J connectivity index is 2.39. The molecule has 1 aromatic rings. The van der Waals surface area contributed by atoms with E-state index in [9.17, 15) is 9.59 Å². The van der Waals surface area contributed by atoms with Crippen molar-refractivity contribution in [3.8, 4) is 0 Å². The highest BCUT2D eigenvalue weighted by molar-refractivity contribution is 7.12. The van der Waals surface area contributed by atoms with Crippen LogP contribution in [0, 0.1) is 0 Å². The van der Waals surface area contributed by atoms with Gasteiger partial charge in [-0.1, -0.05) is 6.07 Å². The van der Waals surface area contributed by atoms with Crippen molar-refractivity contribution < 1.29 is 14.8 Å². The summed E-state index contributed by atoms with van der Waals surface area (Å²) in [6.07, 6.45) is 0.153. The van der Waals surface area contributed by atoms with Crippen LogP contribution in [0.25, 0.3) is 0 Å². The maximum atomic E-state index is 11.3. The number of amides is 1. The van der Waals surface area contributed by atoms with E-state index < -0.39 is 5.91 Å². The smallest absolute Gasteiger partial charge is 0.243 e. The average Bonchev–Trinajstić information content (AvgIpc) is 2.66. The van der Waals surface area contributed by atoms with Gasteiger partial charge in [0.1, 0.15) is 0 Å². The number of thiophene rings is 1. The van der Waals surface area contributed by atoms with Gasteiger partial charge < -0.3 is 0 Å². The van der Waals surface area contributed by atoms with Crippen molar-refractivity contribution in [2.24, 2.45) is 0 Å². The van der Waals surface area contributed by atoms with Crippen molar-refractivity contribution >= 4 is 23.0 Å². The predicted molar refractivity (Wildman–Crippen MR) is 47.8 cm³/mol. The van der Waals surface area contributed by atoms with Gasteiger partial charge in [0, 0.05) is 12.8 Å². The van der Waals surface area contributed by atoms with Crippen LogP contribution in [0.4, 0.5) is 0 Å². The molecule has 1 rings (SSSR count). The summed E-state index contributed by atoms with van der Waals surface area (Å²) in [5, 5.41) is 9.97. The number of carbonyl (C=O) groups excluding carboxylic acids is 2. The average molecular weight is 199 g/mol. The molecule has 0 aliphatic rings. The molecule has 0 spiro atoms. The minimum Gasteiger partial charge on any atom is -0.293 e. The Labute approximate surface area is 79.2 Å². The summed E-state index contributed by atoms with van der Waals surface area (Å²) in [5.41, 5.74) is 1.48. The molecule has 1 amide bonds. The van der Waals surface area contributed by atoms with Gasteiger partial charge in [-0.05, 0) is 11.4 Å². The minimum atomic E-state index is -0.537. The van der Waals surface area contributed by atoms with Crippen LogP contribution >= 0.6 is 11.3 Å². The lowest BCUT2D eigenvalue weighted by Crippen LogP contribution is -2.19. The number of hydrogen-bond acceptors (Lipinski definition) is 4. The first kappa shape index (κ1) is 9.88. The quantitative estimate of drug-likeness (QED) is 0.435. The fourth-order valence-electron chi connectivity index (χ4n) is 0.843. The molecule has 0 bridgehead atoms. The molecular weight excluding hydrogens is 190 g/mol. The van der Waals surface area contributed by atoms with E-state index >= 15 is 0 Å². The molecule has 0 atom stereocenters. The molecule has 0 saturated carbocycles. The van der Waals surface area contributed by atoms with Crippen LogP contribution in [0.1, 0.15) is 22.5 Å². The molecule has 0 saturated heterocycles. The number of rotatable bonds is 4. The lowest BCUT2D eigenvalue weighted by Gasteiger charge is -1.96. The molecule has 0 unspecified atom stereocenters. The zero-order valence-electron chi connectivity index (χ0n) is 6.82. The second-order valence-corrected chi connectivity index (χ2v) is 3.38. The van der Waals surface area contributed by atoms with E-state index in [1.54, 1.807) is 17.5 Å². The molecule has 1 aromatic heterocycles. The van der Waals surface area contributed by atoms with E-state index in [0.29, 0.717) is 4.88 Å². The predicted octanol–water partition coefficient (Wildman–Crippen LogP) is 1.22. The summed E-state index contributed by atoms with van der Waals surface area (Å²) in [7, 11) is 0. The van der Waals surface area contributed by atoms with E-state index in [1.807, 2.05) is 0 Å². The maximum absolute atomic E-state index is 11.3. The van der Waals surface area contributed by atoms with E-state index in [-0.39, 0.29) is 18.6 Å². The molecule has 0 fully saturated rings. The standard InChI is InChI=1S/C8H9NO3S/c10-6(3-4-8(11)9-12)7-2-1-5-13-7/h1-2,5,12H,3-4H2,(H,9,11). The minimum absolute atomic E-state index is 0.0211. The van der Waals surface area contributed by atoms with Crippen LogP contribution in [-0.4, -0.2) is 16.9 Å². The van der Waals surface area contributed by atoms with Gasteiger partial charge in [-0.3, -0.25) is 14.8 Å². The van der Waals surface area contributed by atoms with Gasteiger partial charge in [-0.2, -0.15) is 0 Å². The Bertz CT molecular complexity index is 294. The molecule has 0 radical (unpaired) electrons. The molecule has 2 N–H and O–H groups in total. The number of ketones is 1. The molecule has 1 heterocycles. The van der Waals surface area contributed by atoms with Crippen LogP contribution in [0.5, 0.6) is 0 Å². The summed E-state index contributed by atoms with van der Waals surface area (Å²) < 4.78 is 0. The van der Waals surface area contributed by atoms with Crippen LogP contribution < -0.4 is 5.48 Å². The fraction of sp³-hybridized carbons (Fsp3) is 0.250. The molecule has 4 nitrogen and oxygen atoms in total. The van der Waals surface area contributed by atoms with Gasteiger partial charge in [0.2, 0.25) is 5.91 Å². The Hall–Kier alpha value is -1.20. The number of hydrogen-bond donors (Lipinski definition) is 2. The van der Waals surface area contributed by atoms with Crippen molar-refractivity contribution in [3.05, 3.63) is 22.4 Å². The van der Waals surface area contributed by atoms with Crippen molar-refractivity contribution in [1.29, 1.82) is 0 Å². The number of carbonyl (C=O) groups is 2. The van der Waals surface area contributed by atoms with Crippen molar-refractivity contribution in [2.75, 3.05) is 0 Å². The van der Waals surface area contributed by atoms with Crippen molar-refractivity contribution in [1.82, 2.24) is 5.48 Å². The molecule has 13 heavy (non-hydrogen) atoms. The first-order valence-electron chi connectivity index (χ1n) is 3.73. The summed E-state index contributed by atoms with van der Waals surface area (Å²) in [6.45, 7) is 0. The summed E-state index contributed by atoms with van der Waals surface area (Å²) in [5.74, 6) is -0.608. The van der Waals surface area contributed by atoms with Gasteiger partial charge >= 0.3 is 0 Å². The van der Waals surface area contributed by atoms with E-state index in [0.717, 1.165) is 0 Å². The second kappa shape index (κ2) is 4.74. The summed E-state index contributed by atoms with van der Waals surface area (Å²) in [6, 6.07) is 3.49. The normalized spacial score (nSPS) is 9.62. The highest BCUT2D eigenvalue weighted by atomic mass is 32.1. The molecular formula is C8H9NO3S. The van der Waals surface area contributed by atoms with E-state index in [1.165, 1.54) is 16.8 Å². The van der Waals surface area contributed by atoms with Gasteiger partial charge in [0.15, 0.2) is 5.78 Å². The van der Waals surface area contributed by atoms with Crippen molar-refractivity contribution in [3.63, 3.8) is 0 Å². The van der Waals surface area contributed by atoms with Gasteiger partial charge in [-0.25, -0.2) is 5.48 Å². The number of Topliss-reactive ketones (excluding diaryl/α,β-unsaturated/α-hetero) is 1. The van der Waals surface area contributed by atoms with Crippen LogP contribution in [-0.2, 0) is 4.79 Å². The molecule has 0 aliphatic heterocycles. The van der Waals surface area contributed by atoms with Gasteiger partial charge in [0.25, 0.3) is 0 Å². The van der Waals surface area contributed by atoms with Gasteiger partial charge in [-0.15, -0.1) is 11.3 Å². The van der Waals surface area contributed by atoms with Crippen LogP contribution in [0.3, 0.4) is 0 Å². The third kappa shape index (κ3) is 2.96. The first-order valence-corrected chi connectivity index (χ1v) is 4.61. The fourth-order valence-corrected chi connectivity index (χ4v) is 1.54. The third-order valence-corrected chi connectivity index (χ3v) is 2.41. The number of hydroxylamine groups is 1. The largest absolute Gasteiger partial charge is 0.293 e. The monoisotopic (exact) mass is 199 g/mol. The highest BCUT2D eigenvalue weighted by Crippen LogP contribution is 2.11. The van der Waals surface area contributed by atoms with E-state index in [4.69, 9.17) is 5.21 Å². The second-order valence-electron chi connectivity index (χ2n) is 2.44. The molecule has 0 aromatic carbocycles. The topological polar surface area (TPSA) is 66.4 Å². The van der Waals surface area contributed by atoms with Crippen LogP contribution in [0.2, 0.25) is 0 Å². The zero-order chi connectivity index (χ0) is 9.68. The Morgan fingerprint density at radius 3 is 2.77 bits per heavy atom. The third-order valence-electron chi connectivity index (χ3n) is 1.50. The van der Waals surface area contributed by atoms with E-state index in [2.05, 4.69) is 0 Å². The van der Waals surface area contributed by atoms with Gasteiger partial charge in [0.05, 0.1) is 4.88 Å². The zero-order valence-corrected chi connectivity index (χ0v) is 7.63. The SMILES string of the molecule is O=C(CCC(=O)c1cccs1)NO. The number of nitrogens with one attached hydrogen (secondary N) is 1. The molecule has 0 aliphatic carbocycles. The van der Waals surface area contributed by atoms with Crippen molar-refractivity contribution in [2.45, 2.75) is 12.8 Å². The van der Waals surface area contributed by atoms with Crippen LogP contribution in [0.15, 0.2) is 17.5 Å². The summed E-state index contributed by atoms with van der Waals surface area (Å²) in [4.78, 5) is 22.5. The highest BCUT2D eigenvalue weighted by Gasteiger charge is 2.08. The maximum Gasteiger partial charge on any atom is 0.243 e. The molecule has 70 valence electrons.